The molecule has 2 aromatic rings. The molecule has 0 saturated carbocycles. The highest BCUT2D eigenvalue weighted by molar-refractivity contribution is 7.89. The molecule has 0 bridgehead atoms. The van der Waals surface area contributed by atoms with E-state index >= 15 is 0 Å². The van der Waals surface area contributed by atoms with Gasteiger partial charge in [0.15, 0.2) is 0 Å². The molecule has 140 valence electrons. The van der Waals surface area contributed by atoms with Gasteiger partial charge in [0.25, 0.3) is 0 Å². The molecule has 0 aliphatic heterocycles. The van der Waals surface area contributed by atoms with Crippen LogP contribution in [0.15, 0.2) is 47.4 Å². The number of nitrogens with one attached hydrogen (secondary N) is 2. The first-order valence-electron chi connectivity index (χ1n) is 7.67. The van der Waals surface area contributed by atoms with Crippen molar-refractivity contribution in [3.8, 4) is 11.5 Å². The van der Waals surface area contributed by atoms with Crippen LogP contribution in [0.25, 0.3) is 0 Å². The summed E-state index contributed by atoms with van der Waals surface area (Å²) >= 11 is 0. The molecule has 2 aromatic carbocycles. The van der Waals surface area contributed by atoms with Crippen LogP contribution in [-0.4, -0.2) is 34.6 Å². The van der Waals surface area contributed by atoms with Crippen LogP contribution in [0.3, 0.4) is 0 Å². The molecule has 9 heteroatoms. The van der Waals surface area contributed by atoms with Gasteiger partial charge in [-0.15, -0.1) is 0 Å². The molecule has 0 spiro atoms. The van der Waals surface area contributed by atoms with Gasteiger partial charge < -0.3 is 20.1 Å². The summed E-state index contributed by atoms with van der Waals surface area (Å²) in [6.07, 6.45) is 0. The maximum absolute atomic E-state index is 12.4. The van der Waals surface area contributed by atoms with E-state index in [1.54, 1.807) is 32.2 Å². The molecule has 0 saturated heterocycles. The summed E-state index contributed by atoms with van der Waals surface area (Å²) < 4.78 is 32.9. The Bertz CT molecular complexity index is 882. The van der Waals surface area contributed by atoms with E-state index in [1.165, 1.54) is 31.4 Å². The fourth-order valence-electron chi connectivity index (χ4n) is 2.20. The summed E-state index contributed by atoms with van der Waals surface area (Å²) in [6.45, 7) is 1.69. The zero-order valence-electron chi connectivity index (χ0n) is 14.6. The molecule has 4 N–H and O–H groups in total. The van der Waals surface area contributed by atoms with E-state index in [0.29, 0.717) is 22.9 Å². The molecule has 0 aromatic heterocycles. The number of amides is 1. The number of anilines is 2. The maximum atomic E-state index is 12.4. The van der Waals surface area contributed by atoms with E-state index in [9.17, 15) is 13.2 Å². The Morgan fingerprint density at radius 3 is 2.27 bits per heavy atom. The Kier molecular flexibility index (Phi) is 6.06. The highest BCUT2D eigenvalue weighted by atomic mass is 32.2. The third-order valence-electron chi connectivity index (χ3n) is 3.62. The van der Waals surface area contributed by atoms with Gasteiger partial charge in [-0.3, -0.25) is 4.79 Å². The first kappa shape index (κ1) is 19.5. The Balaban J connectivity index is 2.08. The van der Waals surface area contributed by atoms with E-state index in [1.807, 2.05) is 0 Å². The third kappa shape index (κ3) is 4.87. The number of sulfonamides is 1. The van der Waals surface area contributed by atoms with Gasteiger partial charge in [-0.2, -0.15) is 0 Å². The SMILES string of the molecule is COc1ccc(OC)c(NC(C)C(=O)Nc2ccc(S(N)(=O)=O)cc2)c1. The number of hydrogen-bond acceptors (Lipinski definition) is 6. The Morgan fingerprint density at radius 1 is 1.08 bits per heavy atom. The van der Waals surface area contributed by atoms with Gasteiger partial charge in [0.05, 0.1) is 24.8 Å². The number of primary sulfonamides is 1. The molecule has 0 fully saturated rings. The fraction of sp³-hybridized carbons (Fsp3) is 0.235. The number of hydrogen-bond donors (Lipinski definition) is 3. The highest BCUT2D eigenvalue weighted by Gasteiger charge is 2.16. The predicted octanol–water partition coefficient (Wildman–Crippen LogP) is 1.79. The average molecular weight is 379 g/mol. The number of methoxy groups -OCH3 is 2. The van der Waals surface area contributed by atoms with Crippen LogP contribution in [0.2, 0.25) is 0 Å². The first-order chi connectivity index (χ1) is 12.2. The number of carbonyl (C=O) groups excluding carboxylic acids is 1. The lowest BCUT2D eigenvalue weighted by Gasteiger charge is -2.18. The van der Waals surface area contributed by atoms with Gasteiger partial charge in [0, 0.05) is 11.8 Å². The van der Waals surface area contributed by atoms with Crippen LogP contribution >= 0.6 is 0 Å². The lowest BCUT2D eigenvalue weighted by molar-refractivity contribution is -0.116. The van der Waals surface area contributed by atoms with Crippen molar-refractivity contribution in [2.75, 3.05) is 24.9 Å². The van der Waals surface area contributed by atoms with Gasteiger partial charge in [-0.25, -0.2) is 13.6 Å². The second kappa shape index (κ2) is 8.07. The monoisotopic (exact) mass is 379 g/mol. The zero-order chi connectivity index (χ0) is 19.3. The second-order valence-corrected chi connectivity index (χ2v) is 7.05. The average Bonchev–Trinajstić information content (AvgIpc) is 2.61. The topological polar surface area (TPSA) is 120 Å². The molecule has 1 unspecified atom stereocenters. The van der Waals surface area contributed by atoms with E-state index < -0.39 is 16.1 Å². The van der Waals surface area contributed by atoms with Crippen molar-refractivity contribution in [2.45, 2.75) is 17.9 Å². The lowest BCUT2D eigenvalue weighted by Crippen LogP contribution is -2.32. The molecule has 2 rings (SSSR count). The summed E-state index contributed by atoms with van der Waals surface area (Å²) in [4.78, 5) is 12.3. The molecule has 0 aliphatic rings. The Morgan fingerprint density at radius 2 is 1.73 bits per heavy atom. The van der Waals surface area contributed by atoms with E-state index in [0.717, 1.165) is 0 Å². The van der Waals surface area contributed by atoms with Crippen LogP contribution in [-0.2, 0) is 14.8 Å². The quantitative estimate of drug-likeness (QED) is 0.675. The van der Waals surface area contributed by atoms with Crippen molar-refractivity contribution in [3.05, 3.63) is 42.5 Å². The minimum Gasteiger partial charge on any atom is -0.497 e. The standard InChI is InChI=1S/C17H21N3O5S/c1-11(19-15-10-13(24-2)6-9-16(15)25-3)17(21)20-12-4-7-14(8-5-12)26(18,22)23/h4-11,19H,1-3H3,(H,20,21)(H2,18,22,23). The number of ether oxygens (including phenoxy) is 2. The molecule has 1 atom stereocenters. The highest BCUT2D eigenvalue weighted by Crippen LogP contribution is 2.29. The van der Waals surface area contributed by atoms with E-state index in [4.69, 9.17) is 14.6 Å². The third-order valence-corrected chi connectivity index (χ3v) is 4.55. The molecule has 26 heavy (non-hydrogen) atoms. The van der Waals surface area contributed by atoms with Crippen LogP contribution in [0.1, 0.15) is 6.92 Å². The molecule has 0 heterocycles. The molecular formula is C17H21N3O5S. The van der Waals surface area contributed by atoms with Crippen molar-refractivity contribution in [1.82, 2.24) is 0 Å². The number of nitrogens with two attached hydrogens (primary N) is 1. The number of rotatable bonds is 7. The smallest absolute Gasteiger partial charge is 0.246 e. The van der Waals surface area contributed by atoms with Gasteiger partial charge in [0.2, 0.25) is 15.9 Å². The summed E-state index contributed by atoms with van der Waals surface area (Å²) in [5.41, 5.74) is 1.06. The van der Waals surface area contributed by atoms with Crippen molar-refractivity contribution < 1.29 is 22.7 Å². The van der Waals surface area contributed by atoms with Crippen LogP contribution in [0.5, 0.6) is 11.5 Å². The van der Waals surface area contributed by atoms with Crippen molar-refractivity contribution >= 4 is 27.3 Å². The van der Waals surface area contributed by atoms with Crippen molar-refractivity contribution in [3.63, 3.8) is 0 Å². The minimum atomic E-state index is -3.77. The van der Waals surface area contributed by atoms with Crippen LogP contribution < -0.4 is 25.2 Å². The van der Waals surface area contributed by atoms with Gasteiger partial charge in [-0.05, 0) is 43.3 Å². The summed E-state index contributed by atoms with van der Waals surface area (Å²) in [5.74, 6) is 0.890. The summed E-state index contributed by atoms with van der Waals surface area (Å²) in [5, 5.41) is 10.8. The molecule has 0 aliphatic carbocycles. The van der Waals surface area contributed by atoms with Crippen LogP contribution in [0.4, 0.5) is 11.4 Å². The normalized spacial score (nSPS) is 12.2. The maximum Gasteiger partial charge on any atom is 0.246 e. The molecular weight excluding hydrogens is 358 g/mol. The minimum absolute atomic E-state index is 0.0252. The van der Waals surface area contributed by atoms with Gasteiger partial charge in [-0.1, -0.05) is 0 Å². The predicted molar refractivity (Wildman–Crippen MR) is 99.1 cm³/mol. The van der Waals surface area contributed by atoms with E-state index in [-0.39, 0.29) is 10.8 Å². The summed E-state index contributed by atoms with van der Waals surface area (Å²) in [7, 11) is -0.689. The van der Waals surface area contributed by atoms with Crippen molar-refractivity contribution in [1.29, 1.82) is 0 Å². The number of carbonyl (C=O) groups is 1. The van der Waals surface area contributed by atoms with Gasteiger partial charge >= 0.3 is 0 Å². The zero-order valence-corrected chi connectivity index (χ0v) is 15.5. The first-order valence-corrected chi connectivity index (χ1v) is 9.21. The molecule has 8 nitrogen and oxygen atoms in total. The number of benzene rings is 2. The van der Waals surface area contributed by atoms with Gasteiger partial charge in [0.1, 0.15) is 17.5 Å². The summed E-state index contributed by atoms with van der Waals surface area (Å²) in [6, 6.07) is 10.2. The second-order valence-electron chi connectivity index (χ2n) is 5.49. The van der Waals surface area contributed by atoms with E-state index in [2.05, 4.69) is 10.6 Å². The fourth-order valence-corrected chi connectivity index (χ4v) is 2.72. The lowest BCUT2D eigenvalue weighted by atomic mass is 10.2. The Hall–Kier alpha value is -2.78. The molecule has 1 amide bonds. The van der Waals surface area contributed by atoms with Crippen LogP contribution in [0, 0.1) is 0 Å². The van der Waals surface area contributed by atoms with Crippen molar-refractivity contribution in [2.24, 2.45) is 5.14 Å². The largest absolute Gasteiger partial charge is 0.497 e. The Labute approximate surface area is 152 Å². The molecule has 0 radical (unpaired) electrons.